The number of rotatable bonds is 3. The molecule has 124 valence electrons. The molecular weight excluding hydrogens is 437 g/mol. The van der Waals surface area contributed by atoms with E-state index in [-0.39, 0.29) is 17.6 Å². The van der Waals surface area contributed by atoms with Crippen LogP contribution in [-0.2, 0) is 0 Å². The summed E-state index contributed by atoms with van der Waals surface area (Å²) >= 11 is 8.06. The van der Waals surface area contributed by atoms with Gasteiger partial charge in [-0.2, -0.15) is 0 Å². The molecule has 2 aromatic rings. The summed E-state index contributed by atoms with van der Waals surface area (Å²) in [5.74, 6) is 0.176. The Hall–Kier alpha value is -1.40. The molecule has 0 N–H and O–H groups in total. The number of amides is 1. The topological polar surface area (TPSA) is 37.4 Å². The molecule has 1 heterocycles. The molecule has 5 heteroatoms. The second kappa shape index (κ2) is 7.66. The third kappa shape index (κ3) is 3.81. The van der Waals surface area contributed by atoms with Gasteiger partial charge < -0.3 is 4.90 Å². The normalized spacial score (nSPS) is 15.3. The van der Waals surface area contributed by atoms with Gasteiger partial charge in [-0.15, -0.1) is 0 Å². The maximum Gasteiger partial charge on any atom is 0.254 e. The van der Waals surface area contributed by atoms with Crippen LogP contribution in [-0.4, -0.2) is 29.7 Å². The minimum absolute atomic E-state index is 0.0231. The summed E-state index contributed by atoms with van der Waals surface area (Å²) in [4.78, 5) is 27.0. The van der Waals surface area contributed by atoms with Crippen LogP contribution >= 0.6 is 34.2 Å². The van der Waals surface area contributed by atoms with Crippen LogP contribution in [0.3, 0.4) is 0 Å². The van der Waals surface area contributed by atoms with E-state index in [0.29, 0.717) is 36.5 Å². The van der Waals surface area contributed by atoms with Crippen LogP contribution in [0.2, 0.25) is 5.02 Å². The van der Waals surface area contributed by atoms with Crippen LogP contribution in [0.25, 0.3) is 0 Å². The number of piperidine rings is 1. The Morgan fingerprint density at radius 3 is 2.25 bits per heavy atom. The van der Waals surface area contributed by atoms with Gasteiger partial charge in [0.05, 0.1) is 5.56 Å². The fourth-order valence-electron chi connectivity index (χ4n) is 3.00. The van der Waals surface area contributed by atoms with Crippen LogP contribution in [0.4, 0.5) is 0 Å². The minimum atomic E-state index is -0.0231. The molecule has 0 radical (unpaired) electrons. The lowest BCUT2D eigenvalue weighted by Crippen LogP contribution is -2.40. The first-order valence-corrected chi connectivity index (χ1v) is 9.35. The summed E-state index contributed by atoms with van der Waals surface area (Å²) in [5.41, 5.74) is 1.43. The monoisotopic (exact) mass is 453 g/mol. The second-order valence-electron chi connectivity index (χ2n) is 5.92. The number of benzene rings is 2. The highest BCUT2D eigenvalue weighted by molar-refractivity contribution is 14.1. The van der Waals surface area contributed by atoms with Gasteiger partial charge in [-0.1, -0.05) is 23.7 Å². The molecule has 0 atom stereocenters. The Labute approximate surface area is 160 Å². The van der Waals surface area contributed by atoms with Crippen LogP contribution in [0, 0.1) is 9.49 Å². The van der Waals surface area contributed by atoms with E-state index in [2.05, 4.69) is 22.6 Å². The molecule has 2 aromatic carbocycles. The van der Waals surface area contributed by atoms with E-state index in [4.69, 9.17) is 11.6 Å². The fraction of sp³-hybridized carbons (Fsp3) is 0.263. The first-order valence-electron chi connectivity index (χ1n) is 7.90. The number of halogens is 2. The Balaban J connectivity index is 1.63. The van der Waals surface area contributed by atoms with Crippen molar-refractivity contribution in [3.63, 3.8) is 0 Å². The zero-order valence-electron chi connectivity index (χ0n) is 13.0. The number of hydrogen-bond donors (Lipinski definition) is 0. The van der Waals surface area contributed by atoms with Gasteiger partial charge in [0.25, 0.3) is 5.91 Å². The Kier molecular flexibility index (Phi) is 5.56. The maximum absolute atomic E-state index is 12.6. The molecule has 1 amide bonds. The first kappa shape index (κ1) is 17.4. The molecule has 1 aliphatic heterocycles. The largest absolute Gasteiger partial charge is 0.339 e. The second-order valence-corrected chi connectivity index (χ2v) is 7.52. The number of hydrogen-bond acceptors (Lipinski definition) is 2. The van der Waals surface area contributed by atoms with Gasteiger partial charge in [-0.05, 0) is 71.8 Å². The highest BCUT2D eigenvalue weighted by Crippen LogP contribution is 2.24. The minimum Gasteiger partial charge on any atom is -0.339 e. The van der Waals surface area contributed by atoms with E-state index < -0.39 is 0 Å². The molecule has 1 fully saturated rings. The zero-order valence-corrected chi connectivity index (χ0v) is 16.0. The van der Waals surface area contributed by atoms with E-state index in [1.807, 2.05) is 29.2 Å². The number of ketones is 1. The highest BCUT2D eigenvalue weighted by atomic mass is 127. The Bertz CT molecular complexity index is 752. The van der Waals surface area contributed by atoms with Crippen LogP contribution in [0.15, 0.2) is 48.5 Å². The molecule has 3 nitrogen and oxygen atoms in total. The predicted octanol–water partition coefficient (Wildman–Crippen LogP) is 4.68. The third-order valence-corrected chi connectivity index (χ3v) is 5.58. The first-order chi connectivity index (χ1) is 11.6. The van der Waals surface area contributed by atoms with Gasteiger partial charge >= 0.3 is 0 Å². The van der Waals surface area contributed by atoms with Gasteiger partial charge in [0.2, 0.25) is 0 Å². The smallest absolute Gasteiger partial charge is 0.254 e. The number of nitrogens with zero attached hydrogens (tertiary/aromatic N) is 1. The van der Waals surface area contributed by atoms with Crippen molar-refractivity contribution < 1.29 is 9.59 Å². The van der Waals surface area contributed by atoms with Gasteiger partial charge in [-0.3, -0.25) is 9.59 Å². The van der Waals surface area contributed by atoms with Crippen molar-refractivity contribution >= 4 is 45.9 Å². The van der Waals surface area contributed by atoms with E-state index >= 15 is 0 Å². The number of carbonyl (C=O) groups excluding carboxylic acids is 2. The van der Waals surface area contributed by atoms with Gasteiger partial charge in [0.15, 0.2) is 5.78 Å². The lowest BCUT2D eigenvalue weighted by molar-refractivity contribution is 0.0649. The number of likely N-dealkylation sites (tertiary alicyclic amines) is 1. The van der Waals surface area contributed by atoms with Crippen molar-refractivity contribution in [2.75, 3.05) is 13.1 Å². The lowest BCUT2D eigenvalue weighted by Gasteiger charge is -2.31. The van der Waals surface area contributed by atoms with Crippen molar-refractivity contribution in [2.45, 2.75) is 12.8 Å². The molecule has 3 rings (SSSR count). The highest BCUT2D eigenvalue weighted by Gasteiger charge is 2.28. The lowest BCUT2D eigenvalue weighted by atomic mass is 9.88. The average Bonchev–Trinajstić information content (AvgIpc) is 2.62. The Morgan fingerprint density at radius 1 is 1.00 bits per heavy atom. The van der Waals surface area contributed by atoms with E-state index in [1.165, 1.54) is 0 Å². The zero-order chi connectivity index (χ0) is 17.1. The molecule has 1 aliphatic rings. The van der Waals surface area contributed by atoms with E-state index in [0.717, 1.165) is 9.13 Å². The molecule has 0 aliphatic carbocycles. The van der Waals surface area contributed by atoms with Crippen molar-refractivity contribution in [3.05, 3.63) is 68.3 Å². The van der Waals surface area contributed by atoms with Crippen molar-refractivity contribution in [1.29, 1.82) is 0 Å². The summed E-state index contributed by atoms with van der Waals surface area (Å²) in [5, 5.41) is 0.629. The molecule has 24 heavy (non-hydrogen) atoms. The van der Waals surface area contributed by atoms with Gasteiger partial charge in [0.1, 0.15) is 0 Å². The molecule has 0 spiro atoms. The fourth-order valence-corrected chi connectivity index (χ4v) is 3.74. The summed E-state index contributed by atoms with van der Waals surface area (Å²) in [6.45, 7) is 1.24. The molecule has 1 saturated heterocycles. The SMILES string of the molecule is O=C(c1ccc(Cl)cc1)C1CCN(C(=O)c2ccccc2I)CC1. The predicted molar refractivity (Wildman–Crippen MR) is 104 cm³/mol. The molecular formula is C19H17ClINO2. The summed E-state index contributed by atoms with van der Waals surface area (Å²) in [6.07, 6.45) is 1.41. The summed E-state index contributed by atoms with van der Waals surface area (Å²) in [7, 11) is 0. The van der Waals surface area contributed by atoms with Crippen molar-refractivity contribution in [2.24, 2.45) is 5.92 Å². The molecule has 0 aromatic heterocycles. The molecule has 0 unspecified atom stereocenters. The van der Waals surface area contributed by atoms with E-state index in [9.17, 15) is 9.59 Å². The van der Waals surface area contributed by atoms with Crippen molar-refractivity contribution in [3.8, 4) is 0 Å². The summed E-state index contributed by atoms with van der Waals surface area (Å²) in [6, 6.07) is 14.6. The average molecular weight is 454 g/mol. The third-order valence-electron chi connectivity index (χ3n) is 4.39. The number of Topliss-reactive ketones (excluding diaryl/α,β-unsaturated/α-hetero) is 1. The van der Waals surface area contributed by atoms with Crippen LogP contribution in [0.1, 0.15) is 33.6 Å². The summed E-state index contributed by atoms with van der Waals surface area (Å²) < 4.78 is 0.958. The van der Waals surface area contributed by atoms with Gasteiger partial charge in [-0.25, -0.2) is 0 Å². The quantitative estimate of drug-likeness (QED) is 0.500. The Morgan fingerprint density at radius 2 is 1.62 bits per heavy atom. The van der Waals surface area contributed by atoms with E-state index in [1.54, 1.807) is 24.3 Å². The number of carbonyl (C=O) groups is 2. The van der Waals surface area contributed by atoms with Gasteiger partial charge in [0, 0.05) is 33.2 Å². The molecule has 0 bridgehead atoms. The van der Waals surface area contributed by atoms with Crippen molar-refractivity contribution in [1.82, 2.24) is 4.90 Å². The standard InChI is InChI=1S/C19H17ClINO2/c20-15-7-5-13(6-8-15)18(23)14-9-11-22(12-10-14)19(24)16-3-1-2-4-17(16)21/h1-8,14H,9-12H2. The molecule has 0 saturated carbocycles. The van der Waals surface area contributed by atoms with Crippen LogP contribution < -0.4 is 0 Å². The maximum atomic E-state index is 12.6. The van der Waals surface area contributed by atoms with Crippen LogP contribution in [0.5, 0.6) is 0 Å².